The molecule has 0 radical (unpaired) electrons. The molecule has 18 heavy (non-hydrogen) atoms. The van der Waals surface area contributed by atoms with E-state index >= 15 is 0 Å². The zero-order chi connectivity index (χ0) is 12.8. The number of hydrogen-bond acceptors (Lipinski definition) is 2. The van der Waals surface area contributed by atoms with E-state index in [2.05, 4.69) is 36.5 Å². The van der Waals surface area contributed by atoms with Gasteiger partial charge < -0.3 is 10.4 Å². The van der Waals surface area contributed by atoms with Crippen molar-refractivity contribution < 1.29 is 5.11 Å². The lowest BCUT2D eigenvalue weighted by atomic mass is 9.98. The van der Waals surface area contributed by atoms with Crippen LogP contribution >= 0.6 is 0 Å². The van der Waals surface area contributed by atoms with Crippen molar-refractivity contribution in [2.24, 2.45) is 0 Å². The van der Waals surface area contributed by atoms with Crippen LogP contribution in [-0.4, -0.2) is 17.7 Å². The van der Waals surface area contributed by atoms with Crippen LogP contribution in [0.1, 0.15) is 56.3 Å². The fourth-order valence-corrected chi connectivity index (χ4v) is 2.68. The number of aliphatic hydroxyl groups excluding tert-OH is 1. The molecule has 0 spiro atoms. The highest BCUT2D eigenvalue weighted by Gasteiger charge is 2.17. The van der Waals surface area contributed by atoms with E-state index < -0.39 is 0 Å². The first-order valence-electron chi connectivity index (χ1n) is 7.30. The van der Waals surface area contributed by atoms with Crippen molar-refractivity contribution in [1.29, 1.82) is 0 Å². The van der Waals surface area contributed by atoms with Gasteiger partial charge in [0.2, 0.25) is 0 Å². The molecule has 100 valence electrons. The van der Waals surface area contributed by atoms with E-state index in [1.54, 1.807) is 0 Å². The van der Waals surface area contributed by atoms with Crippen LogP contribution in [0.4, 0.5) is 0 Å². The zero-order valence-corrected chi connectivity index (χ0v) is 11.4. The third kappa shape index (κ3) is 3.82. The quantitative estimate of drug-likeness (QED) is 0.856. The highest BCUT2D eigenvalue weighted by molar-refractivity contribution is 5.24. The molecule has 2 heteroatoms. The second kappa shape index (κ2) is 6.91. The maximum atomic E-state index is 10.3. The van der Waals surface area contributed by atoms with Gasteiger partial charge in [-0.3, -0.25) is 0 Å². The second-order valence-corrected chi connectivity index (χ2v) is 5.35. The van der Waals surface area contributed by atoms with Crippen molar-refractivity contribution in [1.82, 2.24) is 5.32 Å². The summed E-state index contributed by atoms with van der Waals surface area (Å²) in [5, 5.41) is 13.8. The number of hydrogen-bond donors (Lipinski definition) is 2. The van der Waals surface area contributed by atoms with Gasteiger partial charge in [0.25, 0.3) is 0 Å². The summed E-state index contributed by atoms with van der Waals surface area (Å²) >= 11 is 0. The number of benzene rings is 1. The van der Waals surface area contributed by atoms with Crippen molar-refractivity contribution in [2.45, 2.75) is 57.6 Å². The normalized spacial score (nSPS) is 22.4. The van der Waals surface area contributed by atoms with Gasteiger partial charge in [0.15, 0.2) is 0 Å². The lowest BCUT2D eigenvalue weighted by Crippen LogP contribution is -2.29. The van der Waals surface area contributed by atoms with Crippen molar-refractivity contribution in [2.75, 3.05) is 6.54 Å². The summed E-state index contributed by atoms with van der Waals surface area (Å²) in [6, 6.07) is 8.87. The van der Waals surface area contributed by atoms with Crippen molar-refractivity contribution in [3.05, 3.63) is 35.4 Å². The Hall–Kier alpha value is -0.860. The molecule has 0 bridgehead atoms. The molecule has 1 heterocycles. The van der Waals surface area contributed by atoms with E-state index in [-0.39, 0.29) is 6.10 Å². The Balaban J connectivity index is 1.90. The first-order valence-corrected chi connectivity index (χ1v) is 7.30. The lowest BCUT2D eigenvalue weighted by Gasteiger charge is -2.20. The summed E-state index contributed by atoms with van der Waals surface area (Å²) in [7, 11) is 0. The SMILES string of the molecule is CCc1ccc(C(O)CC2CCCCCN2)cc1. The smallest absolute Gasteiger partial charge is 0.0804 e. The minimum atomic E-state index is -0.327. The summed E-state index contributed by atoms with van der Waals surface area (Å²) in [5.41, 5.74) is 2.39. The molecule has 1 saturated heterocycles. The van der Waals surface area contributed by atoms with Gasteiger partial charge in [-0.2, -0.15) is 0 Å². The second-order valence-electron chi connectivity index (χ2n) is 5.35. The third-order valence-electron chi connectivity index (χ3n) is 3.94. The molecule has 0 saturated carbocycles. The molecule has 2 nitrogen and oxygen atoms in total. The molecular weight excluding hydrogens is 222 g/mol. The largest absolute Gasteiger partial charge is 0.388 e. The van der Waals surface area contributed by atoms with Crippen molar-refractivity contribution >= 4 is 0 Å². The molecule has 1 aliphatic heterocycles. The molecule has 1 aliphatic rings. The Morgan fingerprint density at radius 2 is 2.00 bits per heavy atom. The first kappa shape index (κ1) is 13.6. The molecule has 0 aromatic heterocycles. The lowest BCUT2D eigenvalue weighted by molar-refractivity contribution is 0.150. The minimum absolute atomic E-state index is 0.327. The fraction of sp³-hybridized carbons (Fsp3) is 0.625. The van der Waals surface area contributed by atoms with Gasteiger partial charge in [-0.15, -0.1) is 0 Å². The van der Waals surface area contributed by atoms with E-state index in [9.17, 15) is 5.11 Å². The summed E-state index contributed by atoms with van der Waals surface area (Å²) in [5.74, 6) is 0. The maximum Gasteiger partial charge on any atom is 0.0804 e. The van der Waals surface area contributed by atoms with Gasteiger partial charge in [0.05, 0.1) is 6.10 Å². The summed E-state index contributed by atoms with van der Waals surface area (Å²) in [6.45, 7) is 3.26. The average molecular weight is 247 g/mol. The number of nitrogens with one attached hydrogen (secondary N) is 1. The monoisotopic (exact) mass is 247 g/mol. The van der Waals surface area contributed by atoms with Gasteiger partial charge in [0.1, 0.15) is 0 Å². The van der Waals surface area contributed by atoms with Gasteiger partial charge in [0, 0.05) is 6.04 Å². The number of aryl methyl sites for hydroxylation is 1. The first-order chi connectivity index (χ1) is 8.79. The highest BCUT2D eigenvalue weighted by atomic mass is 16.3. The third-order valence-corrected chi connectivity index (χ3v) is 3.94. The van der Waals surface area contributed by atoms with Crippen LogP contribution in [0, 0.1) is 0 Å². The molecule has 2 rings (SSSR count). The molecular formula is C16H25NO. The van der Waals surface area contributed by atoms with Crippen LogP contribution < -0.4 is 5.32 Å². The van der Waals surface area contributed by atoms with Crippen LogP contribution in [0.3, 0.4) is 0 Å². The zero-order valence-electron chi connectivity index (χ0n) is 11.4. The minimum Gasteiger partial charge on any atom is -0.388 e. The van der Waals surface area contributed by atoms with Crippen LogP contribution in [0.2, 0.25) is 0 Å². The van der Waals surface area contributed by atoms with E-state index in [1.807, 2.05) is 0 Å². The van der Waals surface area contributed by atoms with Gasteiger partial charge in [-0.1, -0.05) is 44.0 Å². The summed E-state index contributed by atoms with van der Waals surface area (Å²) in [4.78, 5) is 0. The topological polar surface area (TPSA) is 32.3 Å². The van der Waals surface area contributed by atoms with Gasteiger partial charge in [-0.25, -0.2) is 0 Å². The molecule has 2 atom stereocenters. The summed E-state index contributed by atoms with van der Waals surface area (Å²) in [6.07, 6.45) is 6.66. The van der Waals surface area contributed by atoms with Crippen LogP contribution in [0.5, 0.6) is 0 Å². The van der Waals surface area contributed by atoms with E-state index in [0.29, 0.717) is 6.04 Å². The molecule has 1 fully saturated rings. The predicted molar refractivity (Wildman–Crippen MR) is 75.7 cm³/mol. The Morgan fingerprint density at radius 1 is 1.22 bits per heavy atom. The van der Waals surface area contributed by atoms with Crippen LogP contribution in [-0.2, 0) is 6.42 Å². The molecule has 2 N–H and O–H groups in total. The van der Waals surface area contributed by atoms with E-state index in [1.165, 1.54) is 31.2 Å². The standard InChI is InChI=1S/C16H25NO/c1-2-13-7-9-14(10-8-13)16(18)12-15-6-4-3-5-11-17-15/h7-10,15-18H,2-6,11-12H2,1H3. The molecule has 1 aromatic carbocycles. The Kier molecular flexibility index (Phi) is 5.21. The summed E-state index contributed by atoms with van der Waals surface area (Å²) < 4.78 is 0. The Labute approximate surface area is 110 Å². The van der Waals surface area contributed by atoms with Crippen LogP contribution in [0.25, 0.3) is 0 Å². The molecule has 2 unspecified atom stereocenters. The Bertz CT molecular complexity index is 339. The van der Waals surface area contributed by atoms with E-state index in [0.717, 1.165) is 24.9 Å². The average Bonchev–Trinajstić information content (AvgIpc) is 2.67. The predicted octanol–water partition coefficient (Wildman–Crippen LogP) is 3.20. The van der Waals surface area contributed by atoms with E-state index in [4.69, 9.17) is 0 Å². The molecule has 0 aliphatic carbocycles. The highest BCUT2D eigenvalue weighted by Crippen LogP contribution is 2.22. The van der Waals surface area contributed by atoms with Crippen LogP contribution in [0.15, 0.2) is 24.3 Å². The number of aliphatic hydroxyl groups is 1. The Morgan fingerprint density at radius 3 is 2.72 bits per heavy atom. The number of rotatable bonds is 4. The van der Waals surface area contributed by atoms with Crippen molar-refractivity contribution in [3.63, 3.8) is 0 Å². The molecule has 1 aromatic rings. The van der Waals surface area contributed by atoms with Gasteiger partial charge >= 0.3 is 0 Å². The molecule has 0 amide bonds. The fourth-order valence-electron chi connectivity index (χ4n) is 2.68. The van der Waals surface area contributed by atoms with Crippen molar-refractivity contribution in [3.8, 4) is 0 Å². The maximum absolute atomic E-state index is 10.3. The van der Waals surface area contributed by atoms with Gasteiger partial charge in [-0.05, 0) is 43.4 Å².